The Morgan fingerprint density at radius 1 is 1.24 bits per heavy atom. The van der Waals surface area contributed by atoms with Gasteiger partial charge in [0.15, 0.2) is 0 Å². The molecule has 1 aliphatic heterocycles. The summed E-state index contributed by atoms with van der Waals surface area (Å²) >= 11 is 0. The molecule has 2 aliphatic rings. The molecule has 166 valence electrons. The van der Waals surface area contributed by atoms with Crippen LogP contribution in [0.4, 0.5) is 0 Å². The van der Waals surface area contributed by atoms with Crippen LogP contribution in [0, 0.1) is 5.92 Å². The Hall–Kier alpha value is -1.49. The maximum Gasteiger partial charge on any atom is 0.316 e. The van der Waals surface area contributed by atoms with E-state index >= 15 is 0 Å². The van der Waals surface area contributed by atoms with Crippen LogP contribution >= 0.6 is 0 Å². The first kappa shape index (κ1) is 23.8. The van der Waals surface area contributed by atoms with Crippen LogP contribution in [0.15, 0.2) is 24.0 Å². The van der Waals surface area contributed by atoms with Crippen LogP contribution in [0.2, 0.25) is 0 Å². The Bertz CT molecular complexity index is 642. The number of hydrogen-bond donors (Lipinski definition) is 6. The van der Waals surface area contributed by atoms with Gasteiger partial charge in [0.2, 0.25) is 0 Å². The number of carbonyl (C=O) groups is 1. The fourth-order valence-corrected chi connectivity index (χ4v) is 3.68. The minimum absolute atomic E-state index is 0.285. The average Bonchev–Trinajstić information content (AvgIpc) is 2.66. The number of allylic oxidation sites excluding steroid dienone is 1. The van der Waals surface area contributed by atoms with Crippen molar-refractivity contribution in [1.29, 1.82) is 0 Å². The summed E-state index contributed by atoms with van der Waals surface area (Å²) in [6.45, 7) is 4.79. The van der Waals surface area contributed by atoms with Gasteiger partial charge in [-0.15, -0.1) is 0 Å². The fraction of sp³-hybridized carbons (Fsp3) is 0.750. The third kappa shape index (κ3) is 4.99. The van der Waals surface area contributed by atoms with Crippen LogP contribution in [-0.4, -0.2) is 84.9 Å². The molecule has 6 N–H and O–H groups in total. The number of aliphatic hydroxyl groups is 6. The molecule has 1 fully saturated rings. The van der Waals surface area contributed by atoms with E-state index in [1.807, 2.05) is 6.92 Å². The normalized spacial score (nSPS) is 37.9. The molecule has 1 heterocycles. The Morgan fingerprint density at radius 3 is 2.48 bits per heavy atom. The summed E-state index contributed by atoms with van der Waals surface area (Å²) in [6, 6.07) is 0. The molecule has 9 nitrogen and oxygen atoms in total. The van der Waals surface area contributed by atoms with Gasteiger partial charge in [0.05, 0.1) is 6.61 Å². The van der Waals surface area contributed by atoms with Crippen molar-refractivity contribution in [2.24, 2.45) is 5.92 Å². The van der Waals surface area contributed by atoms with E-state index in [0.717, 1.165) is 31.1 Å². The van der Waals surface area contributed by atoms with Crippen LogP contribution in [0.1, 0.15) is 40.0 Å². The molecular weight excluding hydrogens is 384 g/mol. The fourth-order valence-electron chi connectivity index (χ4n) is 3.68. The van der Waals surface area contributed by atoms with Crippen molar-refractivity contribution in [2.45, 2.75) is 81.8 Å². The summed E-state index contributed by atoms with van der Waals surface area (Å²) in [5.74, 6) is -2.58. The standard InChI is InChI=1S/C20H32O9/c1-4-5-7-19(2,3)29-18(26)12-9-11(22)6-8-20(12,27)17-16(25)15(24)14(23)13(10-21)28-17/h6,8-9,12-17,21-25,27H,4-5,7,10H2,1-3H3/t12?,13-,14-,15+,16-,17-,20?/m1/s1. The number of ether oxygens (including phenoxy) is 2. The number of esters is 1. The quantitative estimate of drug-likeness (QED) is 0.307. The van der Waals surface area contributed by atoms with Gasteiger partial charge in [0.1, 0.15) is 53.4 Å². The number of rotatable bonds is 7. The maximum atomic E-state index is 12.9. The van der Waals surface area contributed by atoms with Crippen molar-refractivity contribution >= 4 is 5.97 Å². The summed E-state index contributed by atoms with van der Waals surface area (Å²) in [4.78, 5) is 12.9. The van der Waals surface area contributed by atoms with Crippen LogP contribution in [0.25, 0.3) is 0 Å². The van der Waals surface area contributed by atoms with Crippen molar-refractivity contribution in [3.63, 3.8) is 0 Å². The second-order valence-corrected chi connectivity index (χ2v) is 8.32. The van der Waals surface area contributed by atoms with Crippen LogP contribution < -0.4 is 0 Å². The van der Waals surface area contributed by atoms with E-state index in [-0.39, 0.29) is 5.76 Å². The lowest BCUT2D eigenvalue weighted by Gasteiger charge is -2.48. The molecule has 2 unspecified atom stereocenters. The zero-order valence-corrected chi connectivity index (χ0v) is 16.9. The van der Waals surface area contributed by atoms with Gasteiger partial charge in [-0.1, -0.05) is 13.3 Å². The Labute approximate surface area is 169 Å². The van der Waals surface area contributed by atoms with E-state index in [2.05, 4.69) is 0 Å². The zero-order chi connectivity index (χ0) is 22.0. The maximum absolute atomic E-state index is 12.9. The molecule has 1 saturated heterocycles. The number of aliphatic hydroxyl groups excluding tert-OH is 5. The summed E-state index contributed by atoms with van der Waals surface area (Å²) in [5, 5.41) is 61.0. The summed E-state index contributed by atoms with van der Waals surface area (Å²) in [5.41, 5.74) is -3.02. The summed E-state index contributed by atoms with van der Waals surface area (Å²) in [7, 11) is 0. The highest BCUT2D eigenvalue weighted by atomic mass is 16.6. The van der Waals surface area contributed by atoms with Crippen LogP contribution in [0.5, 0.6) is 0 Å². The Morgan fingerprint density at radius 2 is 1.90 bits per heavy atom. The van der Waals surface area contributed by atoms with E-state index in [1.165, 1.54) is 0 Å². The van der Waals surface area contributed by atoms with Crippen LogP contribution in [-0.2, 0) is 14.3 Å². The molecular formula is C20H32O9. The second kappa shape index (κ2) is 9.11. The molecule has 29 heavy (non-hydrogen) atoms. The summed E-state index contributed by atoms with van der Waals surface area (Å²) < 4.78 is 11.0. The average molecular weight is 416 g/mol. The largest absolute Gasteiger partial charge is 0.508 e. The lowest BCUT2D eigenvalue weighted by atomic mass is 9.74. The van der Waals surface area contributed by atoms with E-state index in [0.29, 0.717) is 6.42 Å². The lowest BCUT2D eigenvalue weighted by Crippen LogP contribution is -2.67. The molecule has 0 amide bonds. The molecule has 9 heteroatoms. The highest BCUT2D eigenvalue weighted by molar-refractivity contribution is 5.78. The minimum atomic E-state index is -2.20. The molecule has 0 saturated carbocycles. The van der Waals surface area contributed by atoms with Gasteiger partial charge in [-0.3, -0.25) is 4.79 Å². The van der Waals surface area contributed by atoms with Gasteiger partial charge in [-0.2, -0.15) is 0 Å². The van der Waals surface area contributed by atoms with E-state index < -0.39 is 60.2 Å². The minimum Gasteiger partial charge on any atom is -0.508 e. The second-order valence-electron chi connectivity index (χ2n) is 8.32. The van der Waals surface area contributed by atoms with E-state index in [9.17, 15) is 35.4 Å². The highest BCUT2D eigenvalue weighted by Crippen LogP contribution is 2.38. The van der Waals surface area contributed by atoms with Gasteiger partial charge in [-0.25, -0.2) is 0 Å². The third-order valence-corrected chi connectivity index (χ3v) is 5.47. The third-order valence-electron chi connectivity index (χ3n) is 5.47. The molecule has 0 aromatic rings. The van der Waals surface area contributed by atoms with Crippen molar-refractivity contribution < 1.29 is 44.9 Å². The first-order chi connectivity index (χ1) is 13.5. The molecule has 0 bridgehead atoms. The van der Waals surface area contributed by atoms with Crippen molar-refractivity contribution in [1.82, 2.24) is 0 Å². The van der Waals surface area contributed by atoms with Crippen LogP contribution in [0.3, 0.4) is 0 Å². The molecule has 2 rings (SSSR count). The number of carbonyl (C=O) groups excluding carboxylic acids is 1. The highest BCUT2D eigenvalue weighted by Gasteiger charge is 2.57. The van der Waals surface area contributed by atoms with Crippen molar-refractivity contribution in [2.75, 3.05) is 6.61 Å². The van der Waals surface area contributed by atoms with Crippen molar-refractivity contribution in [3.8, 4) is 0 Å². The monoisotopic (exact) mass is 416 g/mol. The molecule has 1 aliphatic carbocycles. The van der Waals surface area contributed by atoms with Gasteiger partial charge < -0.3 is 40.1 Å². The number of unbranched alkanes of at least 4 members (excludes halogenated alkanes) is 1. The van der Waals surface area contributed by atoms with Gasteiger partial charge in [0, 0.05) is 0 Å². The molecule has 0 spiro atoms. The first-order valence-electron chi connectivity index (χ1n) is 9.82. The zero-order valence-electron chi connectivity index (χ0n) is 16.9. The van der Waals surface area contributed by atoms with Gasteiger partial charge >= 0.3 is 5.97 Å². The number of hydrogen-bond acceptors (Lipinski definition) is 9. The molecule has 7 atom stereocenters. The molecule has 0 aromatic heterocycles. The topological polar surface area (TPSA) is 157 Å². The molecule has 0 radical (unpaired) electrons. The SMILES string of the molecule is CCCCC(C)(C)OC(=O)C1C=C(O)C=CC1(O)[C@@H]1O[C@H](CO)[C@@H](O)[C@H](O)[C@H]1O. The first-order valence-corrected chi connectivity index (χ1v) is 9.82. The Balaban J connectivity index is 2.33. The predicted molar refractivity (Wildman–Crippen MR) is 102 cm³/mol. The summed E-state index contributed by atoms with van der Waals surface area (Å²) in [6.07, 6.45) is -2.31. The molecule has 0 aromatic carbocycles. The predicted octanol–water partition coefficient (Wildman–Crippen LogP) is -0.300. The van der Waals surface area contributed by atoms with Gasteiger partial charge in [-0.05, 0) is 44.9 Å². The van der Waals surface area contributed by atoms with E-state index in [1.54, 1.807) is 13.8 Å². The van der Waals surface area contributed by atoms with Crippen molar-refractivity contribution in [3.05, 3.63) is 24.0 Å². The van der Waals surface area contributed by atoms with E-state index in [4.69, 9.17) is 9.47 Å². The van der Waals surface area contributed by atoms with Gasteiger partial charge in [0.25, 0.3) is 0 Å². The smallest absolute Gasteiger partial charge is 0.316 e. The Kier molecular flexibility index (Phi) is 7.47. The lowest BCUT2D eigenvalue weighted by molar-refractivity contribution is -0.268.